The Labute approximate surface area is 107 Å². The van der Waals surface area contributed by atoms with Crippen LogP contribution in [0, 0.1) is 10.1 Å². The average molecular weight is 262 g/mol. The number of anilines is 1. The normalized spacial score (nSPS) is 10.0. The molecule has 0 saturated heterocycles. The van der Waals surface area contributed by atoms with E-state index in [0.29, 0.717) is 12.1 Å². The number of nitro benzene ring substituents is 1. The van der Waals surface area contributed by atoms with Gasteiger partial charge in [-0.1, -0.05) is 0 Å². The molecule has 0 aliphatic heterocycles. The summed E-state index contributed by atoms with van der Waals surface area (Å²) in [6.45, 7) is 0. The molecule has 1 amide bonds. The first kappa shape index (κ1) is 12.3. The molecule has 0 saturated carbocycles. The number of nitrogens with zero attached hydrogens (tertiary/aromatic N) is 1. The molecule has 5 nitrogen and oxygen atoms in total. The first-order valence-corrected chi connectivity index (χ1v) is 6.15. The minimum Gasteiger partial charge on any atom is -0.326 e. The molecule has 0 radical (unpaired) electrons. The molecule has 1 aromatic carbocycles. The fourth-order valence-electron chi connectivity index (χ4n) is 1.45. The van der Waals surface area contributed by atoms with Gasteiger partial charge in [0.1, 0.15) is 0 Å². The molecule has 0 spiro atoms. The van der Waals surface area contributed by atoms with Crippen molar-refractivity contribution in [1.82, 2.24) is 0 Å². The number of rotatable bonds is 4. The Bertz CT molecular complexity index is 549. The van der Waals surface area contributed by atoms with E-state index in [2.05, 4.69) is 5.32 Å². The smallest absolute Gasteiger partial charge is 0.269 e. The highest BCUT2D eigenvalue weighted by Gasteiger charge is 2.07. The zero-order valence-corrected chi connectivity index (χ0v) is 10.1. The van der Waals surface area contributed by atoms with Crippen LogP contribution in [-0.4, -0.2) is 10.8 Å². The van der Waals surface area contributed by atoms with Gasteiger partial charge in [0.2, 0.25) is 5.91 Å². The van der Waals surface area contributed by atoms with Gasteiger partial charge in [-0.3, -0.25) is 14.9 Å². The molecule has 0 aliphatic carbocycles. The number of hydrogen-bond donors (Lipinski definition) is 1. The van der Waals surface area contributed by atoms with Crippen LogP contribution in [-0.2, 0) is 11.2 Å². The molecule has 92 valence electrons. The summed E-state index contributed by atoms with van der Waals surface area (Å²) in [6, 6.07) is 7.65. The third-order valence-electron chi connectivity index (χ3n) is 2.31. The van der Waals surface area contributed by atoms with Crippen molar-refractivity contribution < 1.29 is 9.72 Å². The summed E-state index contributed by atoms with van der Waals surface area (Å²) in [5.74, 6) is -0.137. The predicted molar refractivity (Wildman–Crippen MR) is 69.7 cm³/mol. The number of thiophene rings is 1. The van der Waals surface area contributed by atoms with E-state index in [1.54, 1.807) is 0 Å². The van der Waals surface area contributed by atoms with E-state index in [9.17, 15) is 14.9 Å². The second-order valence-corrected chi connectivity index (χ2v) is 4.44. The zero-order chi connectivity index (χ0) is 13.0. The molecular weight excluding hydrogens is 252 g/mol. The summed E-state index contributed by atoms with van der Waals surface area (Å²) in [5.41, 5.74) is 1.52. The first-order chi connectivity index (χ1) is 8.65. The molecule has 2 rings (SSSR count). The van der Waals surface area contributed by atoms with Gasteiger partial charge in [-0.2, -0.15) is 11.3 Å². The lowest BCUT2D eigenvalue weighted by molar-refractivity contribution is -0.384. The lowest BCUT2D eigenvalue weighted by Gasteiger charge is -2.03. The molecule has 6 heteroatoms. The lowest BCUT2D eigenvalue weighted by atomic mass is 10.2. The molecule has 1 aromatic heterocycles. The van der Waals surface area contributed by atoms with Crippen LogP contribution < -0.4 is 5.32 Å². The number of amides is 1. The standard InChI is InChI=1S/C12H10N2O3S/c15-12(7-9-5-6-18-8-9)13-10-1-3-11(4-2-10)14(16)17/h1-6,8H,7H2,(H,13,15). The van der Waals surface area contributed by atoms with Gasteiger partial charge < -0.3 is 5.32 Å². The van der Waals surface area contributed by atoms with Crippen molar-refractivity contribution in [3.63, 3.8) is 0 Å². The fraction of sp³-hybridized carbons (Fsp3) is 0.0833. The molecule has 2 aromatic rings. The molecule has 18 heavy (non-hydrogen) atoms. The van der Waals surface area contributed by atoms with Gasteiger partial charge in [-0.25, -0.2) is 0 Å². The first-order valence-electron chi connectivity index (χ1n) is 5.20. The predicted octanol–water partition coefficient (Wildman–Crippen LogP) is 2.84. The van der Waals surface area contributed by atoms with Crippen molar-refractivity contribution in [2.75, 3.05) is 5.32 Å². The zero-order valence-electron chi connectivity index (χ0n) is 9.33. The summed E-state index contributed by atoms with van der Waals surface area (Å²) in [7, 11) is 0. The lowest BCUT2D eigenvalue weighted by Crippen LogP contribution is -2.13. The molecule has 0 fully saturated rings. The van der Waals surface area contributed by atoms with E-state index in [-0.39, 0.29) is 11.6 Å². The van der Waals surface area contributed by atoms with Gasteiger partial charge in [0.15, 0.2) is 0 Å². The van der Waals surface area contributed by atoms with Crippen molar-refractivity contribution in [2.45, 2.75) is 6.42 Å². The number of hydrogen-bond acceptors (Lipinski definition) is 4. The maximum Gasteiger partial charge on any atom is 0.269 e. The maximum atomic E-state index is 11.7. The van der Waals surface area contributed by atoms with Gasteiger partial charge in [-0.05, 0) is 34.5 Å². The van der Waals surface area contributed by atoms with Crippen LogP contribution in [0.2, 0.25) is 0 Å². The highest BCUT2D eigenvalue weighted by molar-refractivity contribution is 7.08. The summed E-state index contributed by atoms with van der Waals surface area (Å²) < 4.78 is 0. The quantitative estimate of drug-likeness (QED) is 0.680. The van der Waals surface area contributed by atoms with Gasteiger partial charge in [0.25, 0.3) is 5.69 Å². The monoisotopic (exact) mass is 262 g/mol. The van der Waals surface area contributed by atoms with Crippen molar-refractivity contribution >= 4 is 28.6 Å². The maximum absolute atomic E-state index is 11.7. The van der Waals surface area contributed by atoms with E-state index in [1.165, 1.54) is 35.6 Å². The van der Waals surface area contributed by atoms with Crippen molar-refractivity contribution in [1.29, 1.82) is 0 Å². The minimum atomic E-state index is -0.475. The molecule has 0 bridgehead atoms. The van der Waals surface area contributed by atoms with E-state index in [4.69, 9.17) is 0 Å². The van der Waals surface area contributed by atoms with E-state index in [0.717, 1.165) is 5.56 Å². The average Bonchev–Trinajstić information content (AvgIpc) is 2.82. The molecule has 0 atom stereocenters. The Morgan fingerprint density at radius 1 is 1.28 bits per heavy atom. The molecule has 1 heterocycles. The van der Waals surface area contributed by atoms with E-state index in [1.807, 2.05) is 16.8 Å². The Morgan fingerprint density at radius 2 is 2.00 bits per heavy atom. The van der Waals surface area contributed by atoms with Crippen molar-refractivity contribution in [3.8, 4) is 0 Å². The van der Waals surface area contributed by atoms with Gasteiger partial charge in [0.05, 0.1) is 11.3 Å². The Kier molecular flexibility index (Phi) is 3.69. The second-order valence-electron chi connectivity index (χ2n) is 3.66. The van der Waals surface area contributed by atoms with Gasteiger partial charge in [-0.15, -0.1) is 0 Å². The third-order valence-corrected chi connectivity index (χ3v) is 3.04. The van der Waals surface area contributed by atoms with Gasteiger partial charge >= 0.3 is 0 Å². The number of benzene rings is 1. The summed E-state index contributed by atoms with van der Waals surface area (Å²) in [6.07, 6.45) is 0.306. The summed E-state index contributed by atoms with van der Waals surface area (Å²) >= 11 is 1.54. The Balaban J connectivity index is 1.97. The number of nitrogens with one attached hydrogen (secondary N) is 1. The van der Waals surface area contributed by atoms with Crippen molar-refractivity contribution in [2.24, 2.45) is 0 Å². The Morgan fingerprint density at radius 3 is 2.56 bits per heavy atom. The number of carbonyl (C=O) groups excluding carboxylic acids is 1. The highest BCUT2D eigenvalue weighted by atomic mass is 32.1. The van der Waals surface area contributed by atoms with E-state index < -0.39 is 4.92 Å². The molecule has 1 N–H and O–H groups in total. The van der Waals surface area contributed by atoms with Crippen LogP contribution in [0.5, 0.6) is 0 Å². The SMILES string of the molecule is O=C(Cc1ccsc1)Nc1ccc([N+](=O)[O-])cc1. The van der Waals surface area contributed by atoms with Crippen LogP contribution in [0.25, 0.3) is 0 Å². The van der Waals surface area contributed by atoms with Crippen LogP contribution in [0.1, 0.15) is 5.56 Å². The number of carbonyl (C=O) groups is 1. The van der Waals surface area contributed by atoms with Crippen molar-refractivity contribution in [3.05, 3.63) is 56.8 Å². The number of nitro groups is 1. The van der Waals surface area contributed by atoms with Crippen LogP contribution >= 0.6 is 11.3 Å². The summed E-state index contributed by atoms with van der Waals surface area (Å²) in [5, 5.41) is 17.0. The van der Waals surface area contributed by atoms with Crippen LogP contribution in [0.15, 0.2) is 41.1 Å². The minimum absolute atomic E-state index is 0.00540. The van der Waals surface area contributed by atoms with E-state index >= 15 is 0 Å². The Hall–Kier alpha value is -2.21. The topological polar surface area (TPSA) is 72.2 Å². The third kappa shape index (κ3) is 3.14. The summed E-state index contributed by atoms with van der Waals surface area (Å²) in [4.78, 5) is 21.6. The van der Waals surface area contributed by atoms with Crippen LogP contribution in [0.4, 0.5) is 11.4 Å². The molecule has 0 aliphatic rings. The molecule has 0 unspecified atom stereocenters. The fourth-order valence-corrected chi connectivity index (χ4v) is 2.12. The largest absolute Gasteiger partial charge is 0.326 e. The van der Waals surface area contributed by atoms with Gasteiger partial charge in [0, 0.05) is 17.8 Å². The molecular formula is C12H10N2O3S. The highest BCUT2D eigenvalue weighted by Crippen LogP contribution is 2.16. The second kappa shape index (κ2) is 5.42. The number of non-ortho nitro benzene ring substituents is 1. The van der Waals surface area contributed by atoms with Crippen LogP contribution in [0.3, 0.4) is 0 Å².